The third-order valence-corrected chi connectivity index (χ3v) is 4.45. The maximum atomic E-state index is 6.17. The quantitative estimate of drug-likeness (QED) is 0.614. The molecule has 3 aromatic rings. The normalized spacial score (nSPS) is 10.5. The third-order valence-electron chi connectivity index (χ3n) is 4.16. The van der Waals surface area contributed by atoms with Crippen LogP contribution in [0.25, 0.3) is 0 Å². The van der Waals surface area contributed by atoms with Gasteiger partial charge in [0.05, 0.1) is 31.1 Å². The molecule has 146 valence electrons. The molecule has 0 spiro atoms. The zero-order valence-electron chi connectivity index (χ0n) is 16.2. The molecule has 8 heteroatoms. The fourth-order valence-electron chi connectivity index (χ4n) is 2.80. The monoisotopic (exact) mass is 399 g/mol. The van der Waals surface area contributed by atoms with Gasteiger partial charge >= 0.3 is 0 Å². The van der Waals surface area contributed by atoms with E-state index in [-0.39, 0.29) is 0 Å². The SMILES string of the molecule is CCN(c1cccc(C)c1)c1nncc(Nc2cc(OC)c(Cl)cc2OC)n1. The topological polar surface area (TPSA) is 72.4 Å². The maximum Gasteiger partial charge on any atom is 0.251 e. The largest absolute Gasteiger partial charge is 0.495 e. The molecule has 0 atom stereocenters. The average molecular weight is 400 g/mol. The number of methoxy groups -OCH3 is 2. The average Bonchev–Trinajstić information content (AvgIpc) is 2.70. The Balaban J connectivity index is 1.93. The number of aromatic nitrogens is 3. The second-order valence-electron chi connectivity index (χ2n) is 6.04. The van der Waals surface area contributed by atoms with Crippen LogP contribution in [0.15, 0.2) is 42.6 Å². The molecule has 0 radical (unpaired) electrons. The number of nitrogens with zero attached hydrogens (tertiary/aromatic N) is 4. The zero-order valence-corrected chi connectivity index (χ0v) is 17.0. The maximum absolute atomic E-state index is 6.17. The number of ether oxygens (including phenoxy) is 2. The van der Waals surface area contributed by atoms with E-state index in [1.165, 1.54) is 0 Å². The number of hydrogen-bond acceptors (Lipinski definition) is 7. The Morgan fingerprint density at radius 2 is 1.89 bits per heavy atom. The lowest BCUT2D eigenvalue weighted by Crippen LogP contribution is -2.19. The summed E-state index contributed by atoms with van der Waals surface area (Å²) in [6.07, 6.45) is 1.55. The first kappa shape index (κ1) is 19.7. The summed E-state index contributed by atoms with van der Waals surface area (Å²) in [5.74, 6) is 2.12. The van der Waals surface area contributed by atoms with Gasteiger partial charge in [0.15, 0.2) is 5.82 Å². The zero-order chi connectivity index (χ0) is 20.1. The minimum absolute atomic E-state index is 0.461. The van der Waals surface area contributed by atoms with E-state index in [1.54, 1.807) is 32.5 Å². The first-order valence-corrected chi connectivity index (χ1v) is 9.16. The number of anilines is 4. The predicted octanol–water partition coefficient (Wildman–Crippen LogP) is 4.75. The Morgan fingerprint density at radius 3 is 2.57 bits per heavy atom. The van der Waals surface area contributed by atoms with Crippen molar-refractivity contribution in [1.29, 1.82) is 0 Å². The molecule has 0 aliphatic rings. The lowest BCUT2D eigenvalue weighted by atomic mass is 10.2. The summed E-state index contributed by atoms with van der Waals surface area (Å²) in [6.45, 7) is 4.79. The summed E-state index contributed by atoms with van der Waals surface area (Å²) in [7, 11) is 3.13. The van der Waals surface area contributed by atoms with Crippen LogP contribution in [0.5, 0.6) is 11.5 Å². The molecule has 0 unspecified atom stereocenters. The van der Waals surface area contributed by atoms with Gasteiger partial charge in [-0.1, -0.05) is 23.7 Å². The van der Waals surface area contributed by atoms with Crippen molar-refractivity contribution in [3.8, 4) is 11.5 Å². The minimum Gasteiger partial charge on any atom is -0.495 e. The second kappa shape index (κ2) is 8.75. The molecule has 7 nitrogen and oxygen atoms in total. The molecule has 0 aliphatic heterocycles. The molecule has 3 rings (SSSR count). The number of hydrogen-bond donors (Lipinski definition) is 1. The molecule has 0 saturated carbocycles. The molecule has 2 aromatic carbocycles. The summed E-state index contributed by atoms with van der Waals surface area (Å²) in [5, 5.41) is 12.0. The summed E-state index contributed by atoms with van der Waals surface area (Å²) in [5.41, 5.74) is 2.83. The Kier molecular flexibility index (Phi) is 6.16. The standard InChI is InChI=1S/C20H22ClN5O2/c1-5-26(14-8-6-7-13(2)9-14)20-24-19(12-22-25-20)23-16-11-17(27-3)15(21)10-18(16)28-4/h6-12H,5H2,1-4H3,(H,23,24,25). The third kappa shape index (κ3) is 4.26. The van der Waals surface area contributed by atoms with Gasteiger partial charge in [0.25, 0.3) is 5.95 Å². The van der Waals surface area contributed by atoms with Crippen molar-refractivity contribution >= 4 is 34.7 Å². The highest BCUT2D eigenvalue weighted by molar-refractivity contribution is 6.32. The van der Waals surface area contributed by atoms with Crippen molar-refractivity contribution in [2.75, 3.05) is 31.0 Å². The number of halogens is 1. The molecule has 0 aliphatic carbocycles. The Labute approximate surface area is 169 Å². The second-order valence-corrected chi connectivity index (χ2v) is 6.44. The van der Waals surface area contributed by atoms with Gasteiger partial charge in [0.1, 0.15) is 11.5 Å². The highest BCUT2D eigenvalue weighted by atomic mass is 35.5. The van der Waals surface area contributed by atoms with E-state index >= 15 is 0 Å². The fourth-order valence-corrected chi connectivity index (χ4v) is 3.03. The van der Waals surface area contributed by atoms with Crippen molar-refractivity contribution in [2.45, 2.75) is 13.8 Å². The molecule has 1 N–H and O–H groups in total. The van der Waals surface area contributed by atoms with E-state index in [2.05, 4.69) is 39.6 Å². The van der Waals surface area contributed by atoms with Gasteiger partial charge in [-0.25, -0.2) is 0 Å². The lowest BCUT2D eigenvalue weighted by molar-refractivity contribution is 0.405. The molecule has 1 aromatic heterocycles. The Morgan fingerprint density at radius 1 is 1.11 bits per heavy atom. The van der Waals surface area contributed by atoms with Crippen LogP contribution in [0.2, 0.25) is 5.02 Å². The van der Waals surface area contributed by atoms with Gasteiger partial charge in [0.2, 0.25) is 0 Å². The number of aryl methyl sites for hydroxylation is 1. The van der Waals surface area contributed by atoms with Gasteiger partial charge in [-0.3, -0.25) is 0 Å². The molecular formula is C20H22ClN5O2. The predicted molar refractivity (Wildman–Crippen MR) is 112 cm³/mol. The number of benzene rings is 2. The smallest absolute Gasteiger partial charge is 0.251 e. The van der Waals surface area contributed by atoms with Crippen LogP contribution < -0.4 is 19.7 Å². The Bertz CT molecular complexity index is 967. The van der Waals surface area contributed by atoms with E-state index in [4.69, 9.17) is 21.1 Å². The number of nitrogens with one attached hydrogen (secondary N) is 1. The summed E-state index contributed by atoms with van der Waals surface area (Å²) in [6, 6.07) is 11.6. The molecule has 0 saturated heterocycles. The Hall–Kier alpha value is -3.06. The van der Waals surface area contributed by atoms with Gasteiger partial charge in [0, 0.05) is 24.4 Å². The van der Waals surface area contributed by atoms with Crippen LogP contribution in [0.3, 0.4) is 0 Å². The van der Waals surface area contributed by atoms with Crippen molar-refractivity contribution in [2.24, 2.45) is 0 Å². The summed E-state index contributed by atoms with van der Waals surface area (Å²) < 4.78 is 10.7. The van der Waals surface area contributed by atoms with E-state index in [0.717, 1.165) is 11.3 Å². The van der Waals surface area contributed by atoms with Crippen molar-refractivity contribution in [3.05, 3.63) is 53.2 Å². The van der Waals surface area contributed by atoms with Gasteiger partial charge in [-0.15, -0.1) is 5.10 Å². The fraction of sp³-hybridized carbons (Fsp3) is 0.250. The molecule has 0 amide bonds. The highest BCUT2D eigenvalue weighted by Gasteiger charge is 2.14. The molecule has 0 fully saturated rings. The van der Waals surface area contributed by atoms with Crippen molar-refractivity contribution in [3.63, 3.8) is 0 Å². The summed E-state index contributed by atoms with van der Waals surface area (Å²) >= 11 is 6.17. The number of rotatable bonds is 7. The first-order valence-electron chi connectivity index (χ1n) is 8.78. The van der Waals surface area contributed by atoms with Gasteiger partial charge in [-0.05, 0) is 31.5 Å². The van der Waals surface area contributed by atoms with E-state index in [0.29, 0.717) is 40.5 Å². The molecular weight excluding hydrogens is 378 g/mol. The minimum atomic E-state index is 0.461. The van der Waals surface area contributed by atoms with Crippen molar-refractivity contribution < 1.29 is 9.47 Å². The lowest BCUT2D eigenvalue weighted by Gasteiger charge is -2.21. The van der Waals surface area contributed by atoms with Crippen LogP contribution >= 0.6 is 11.6 Å². The van der Waals surface area contributed by atoms with Crippen molar-refractivity contribution in [1.82, 2.24) is 15.2 Å². The van der Waals surface area contributed by atoms with Gasteiger partial charge < -0.3 is 19.7 Å². The van der Waals surface area contributed by atoms with E-state index in [1.807, 2.05) is 24.0 Å². The molecule has 1 heterocycles. The van der Waals surface area contributed by atoms with Crippen LogP contribution in [-0.4, -0.2) is 35.9 Å². The molecule has 28 heavy (non-hydrogen) atoms. The van der Waals surface area contributed by atoms with Crippen LogP contribution in [0.1, 0.15) is 12.5 Å². The van der Waals surface area contributed by atoms with Gasteiger partial charge in [-0.2, -0.15) is 10.1 Å². The van der Waals surface area contributed by atoms with Crippen LogP contribution in [-0.2, 0) is 0 Å². The highest BCUT2D eigenvalue weighted by Crippen LogP contribution is 2.37. The van der Waals surface area contributed by atoms with E-state index in [9.17, 15) is 0 Å². The first-order chi connectivity index (χ1) is 13.5. The van der Waals surface area contributed by atoms with Crippen LogP contribution in [0.4, 0.5) is 23.1 Å². The molecule has 0 bridgehead atoms. The van der Waals surface area contributed by atoms with Crippen LogP contribution in [0, 0.1) is 6.92 Å². The van der Waals surface area contributed by atoms with E-state index < -0.39 is 0 Å². The summed E-state index contributed by atoms with van der Waals surface area (Å²) in [4.78, 5) is 6.60.